The molecule has 1 aromatic heterocycles. The number of esters is 1. The maximum atomic E-state index is 12.2. The Labute approximate surface area is 201 Å². The molecule has 33 heavy (non-hydrogen) atoms. The monoisotopic (exact) mass is 514 g/mol. The van der Waals surface area contributed by atoms with Crippen molar-refractivity contribution in [3.8, 4) is 0 Å². The molecule has 4 atom stereocenters. The van der Waals surface area contributed by atoms with Crippen LogP contribution in [0, 0.1) is 11.8 Å². The lowest BCUT2D eigenvalue weighted by atomic mass is 9.60. The summed E-state index contributed by atoms with van der Waals surface area (Å²) in [6.45, 7) is 1.58. The molecule has 1 fully saturated rings. The van der Waals surface area contributed by atoms with E-state index in [9.17, 15) is 9.90 Å². The second-order valence-corrected chi connectivity index (χ2v) is 9.14. The van der Waals surface area contributed by atoms with Gasteiger partial charge in [0.05, 0.1) is 44.6 Å². The average Bonchev–Trinajstić information content (AvgIpc) is 3.36. The van der Waals surface area contributed by atoms with Crippen LogP contribution in [0.1, 0.15) is 27.2 Å². The first-order valence-electron chi connectivity index (χ1n) is 10.8. The van der Waals surface area contributed by atoms with Gasteiger partial charge in [-0.15, -0.1) is 0 Å². The van der Waals surface area contributed by atoms with Crippen molar-refractivity contribution in [2.75, 3.05) is 20.3 Å². The van der Waals surface area contributed by atoms with Crippen molar-refractivity contribution in [2.24, 2.45) is 11.8 Å². The number of carbonyl (C=O) groups excluding carboxylic acids is 1. The highest BCUT2D eigenvalue weighted by molar-refractivity contribution is 9.09. The molecule has 2 aromatic carbocycles. The summed E-state index contributed by atoms with van der Waals surface area (Å²) in [5, 5.41) is 11.7. The molecular weight excluding hydrogens is 488 g/mol. The number of hydrogen-bond acceptors (Lipinski definition) is 6. The van der Waals surface area contributed by atoms with Crippen LogP contribution in [-0.2, 0) is 33.0 Å². The van der Waals surface area contributed by atoms with Gasteiger partial charge in [0.25, 0.3) is 0 Å². The van der Waals surface area contributed by atoms with Crippen LogP contribution < -0.4 is 0 Å². The average molecular weight is 515 g/mol. The van der Waals surface area contributed by atoms with E-state index in [1.165, 1.54) is 19.4 Å². The molecule has 1 aliphatic rings. The number of alkyl halides is 1. The molecule has 1 unspecified atom stereocenters. The summed E-state index contributed by atoms with van der Waals surface area (Å²) >= 11 is 3.64. The molecule has 1 saturated carbocycles. The van der Waals surface area contributed by atoms with Crippen molar-refractivity contribution < 1.29 is 28.5 Å². The highest BCUT2D eigenvalue weighted by Crippen LogP contribution is 2.56. The van der Waals surface area contributed by atoms with Crippen molar-refractivity contribution in [3.63, 3.8) is 0 Å². The number of ether oxygens (including phenoxy) is 3. The van der Waals surface area contributed by atoms with E-state index in [1.54, 1.807) is 0 Å². The minimum atomic E-state index is -1.44. The SMILES string of the molecule is COC(=O)c1ccoc1C1(O)[C@H](Br)[C@@H](COCc2ccccc2)[C@@H]1COCc1ccccc1. The Bertz CT molecular complexity index is 1040. The van der Waals surface area contributed by atoms with Gasteiger partial charge in [0.1, 0.15) is 11.2 Å². The summed E-state index contributed by atoms with van der Waals surface area (Å²) in [4.78, 5) is 11.9. The Morgan fingerprint density at radius 3 is 2.12 bits per heavy atom. The lowest BCUT2D eigenvalue weighted by Crippen LogP contribution is -2.64. The molecular formula is C26H27BrO6. The lowest BCUT2D eigenvalue weighted by Gasteiger charge is -2.54. The second kappa shape index (κ2) is 10.7. The molecule has 0 amide bonds. The van der Waals surface area contributed by atoms with Crippen LogP contribution in [0.5, 0.6) is 0 Å². The van der Waals surface area contributed by atoms with Crippen molar-refractivity contribution in [2.45, 2.75) is 23.6 Å². The summed E-state index contributed by atoms with van der Waals surface area (Å²) in [5.41, 5.74) is 0.890. The number of methoxy groups -OCH3 is 1. The molecule has 174 valence electrons. The molecule has 1 N–H and O–H groups in total. The number of benzene rings is 2. The molecule has 3 aromatic rings. The first kappa shape index (κ1) is 23.7. The van der Waals surface area contributed by atoms with Crippen LogP contribution in [0.4, 0.5) is 0 Å². The molecule has 1 aliphatic carbocycles. The Morgan fingerprint density at radius 1 is 0.970 bits per heavy atom. The highest BCUT2D eigenvalue weighted by Gasteiger charge is 2.64. The normalized spacial score (nSPS) is 24.3. The number of hydrogen-bond donors (Lipinski definition) is 1. The van der Waals surface area contributed by atoms with Gasteiger partial charge in [0, 0.05) is 11.8 Å². The maximum absolute atomic E-state index is 12.2. The molecule has 0 saturated heterocycles. The van der Waals surface area contributed by atoms with Gasteiger partial charge >= 0.3 is 5.97 Å². The molecule has 0 aliphatic heterocycles. The Hall–Kier alpha value is -2.45. The van der Waals surface area contributed by atoms with Crippen LogP contribution >= 0.6 is 15.9 Å². The van der Waals surface area contributed by atoms with Crippen molar-refractivity contribution in [1.82, 2.24) is 0 Å². The molecule has 0 radical (unpaired) electrons. The summed E-state index contributed by atoms with van der Waals surface area (Å²) in [6.07, 6.45) is 1.39. The van der Waals surface area contributed by atoms with Crippen LogP contribution in [0.25, 0.3) is 0 Å². The zero-order chi connectivity index (χ0) is 23.3. The van der Waals surface area contributed by atoms with Gasteiger partial charge in [0.2, 0.25) is 0 Å². The fraction of sp³-hybridized carbons (Fsp3) is 0.346. The van der Waals surface area contributed by atoms with E-state index >= 15 is 0 Å². The van der Waals surface area contributed by atoms with E-state index < -0.39 is 11.6 Å². The molecule has 6 nitrogen and oxygen atoms in total. The van der Waals surface area contributed by atoms with E-state index in [1.807, 2.05) is 60.7 Å². The minimum Gasteiger partial charge on any atom is -0.465 e. The molecule has 0 bridgehead atoms. The fourth-order valence-electron chi connectivity index (χ4n) is 4.34. The number of furan rings is 1. The third kappa shape index (κ3) is 4.92. The maximum Gasteiger partial charge on any atom is 0.341 e. The quantitative estimate of drug-likeness (QED) is 0.312. The van der Waals surface area contributed by atoms with E-state index in [0.717, 1.165) is 11.1 Å². The van der Waals surface area contributed by atoms with Crippen LogP contribution in [0.2, 0.25) is 0 Å². The van der Waals surface area contributed by atoms with E-state index in [0.29, 0.717) is 19.8 Å². The van der Waals surface area contributed by atoms with Gasteiger partial charge < -0.3 is 23.7 Å². The van der Waals surface area contributed by atoms with Gasteiger partial charge in [0.15, 0.2) is 5.76 Å². The Morgan fingerprint density at radius 2 is 1.55 bits per heavy atom. The molecule has 1 heterocycles. The third-order valence-corrected chi connectivity index (χ3v) is 7.52. The zero-order valence-electron chi connectivity index (χ0n) is 18.4. The molecule has 0 spiro atoms. The summed E-state index contributed by atoms with van der Waals surface area (Å²) in [7, 11) is 1.30. The minimum absolute atomic E-state index is 0.0508. The smallest absolute Gasteiger partial charge is 0.341 e. The molecule has 4 rings (SSSR count). The van der Waals surface area contributed by atoms with E-state index in [2.05, 4.69) is 15.9 Å². The number of halogens is 1. The fourth-order valence-corrected chi connectivity index (χ4v) is 5.41. The van der Waals surface area contributed by atoms with Gasteiger partial charge in [-0.25, -0.2) is 4.79 Å². The van der Waals surface area contributed by atoms with Gasteiger partial charge in [-0.3, -0.25) is 0 Å². The zero-order valence-corrected chi connectivity index (χ0v) is 19.9. The third-order valence-electron chi connectivity index (χ3n) is 6.14. The van der Waals surface area contributed by atoms with Crippen LogP contribution in [-0.4, -0.2) is 36.2 Å². The van der Waals surface area contributed by atoms with Crippen LogP contribution in [0.15, 0.2) is 77.4 Å². The van der Waals surface area contributed by atoms with Gasteiger partial charge in [-0.1, -0.05) is 76.6 Å². The predicted octanol–water partition coefficient (Wildman–Crippen LogP) is 4.70. The standard InChI is InChI=1S/C26H27BrO6/c1-30-25(28)20-12-13-33-24(20)26(29)22(17-32-15-19-10-6-3-7-11-19)21(23(26)27)16-31-14-18-8-4-2-5-9-18/h2-13,21-23,29H,14-17H2,1H3/t21-,22-,23+,26?/m0/s1. The Kier molecular flexibility index (Phi) is 7.65. The van der Waals surface area contributed by atoms with Gasteiger partial charge in [-0.2, -0.15) is 0 Å². The van der Waals surface area contributed by atoms with E-state index in [4.69, 9.17) is 18.6 Å². The predicted molar refractivity (Wildman–Crippen MR) is 126 cm³/mol. The summed E-state index contributed by atoms with van der Waals surface area (Å²) in [6, 6.07) is 21.3. The second-order valence-electron chi connectivity index (χ2n) is 8.15. The number of carbonyl (C=O) groups is 1. The van der Waals surface area contributed by atoms with Crippen LogP contribution in [0.3, 0.4) is 0 Å². The summed E-state index contributed by atoms with van der Waals surface area (Å²) < 4.78 is 22.4. The number of rotatable bonds is 10. The van der Waals surface area contributed by atoms with Crippen molar-refractivity contribution in [3.05, 3.63) is 95.4 Å². The van der Waals surface area contributed by atoms with Crippen molar-refractivity contribution >= 4 is 21.9 Å². The topological polar surface area (TPSA) is 78.1 Å². The largest absolute Gasteiger partial charge is 0.465 e. The van der Waals surface area contributed by atoms with Crippen molar-refractivity contribution in [1.29, 1.82) is 0 Å². The Balaban J connectivity index is 1.49. The number of aliphatic hydroxyl groups is 1. The van der Waals surface area contributed by atoms with Gasteiger partial charge in [-0.05, 0) is 17.2 Å². The highest BCUT2D eigenvalue weighted by atomic mass is 79.9. The first-order chi connectivity index (χ1) is 16.1. The van der Waals surface area contributed by atoms with E-state index in [-0.39, 0.29) is 34.6 Å². The summed E-state index contributed by atoms with van der Waals surface area (Å²) in [5.74, 6) is -0.774. The lowest BCUT2D eigenvalue weighted by molar-refractivity contribution is -0.187. The first-order valence-corrected chi connectivity index (χ1v) is 11.7. The molecule has 7 heteroatoms.